The molecule has 130 valence electrons. The molecule has 2 heterocycles. The molecular formula is C20H29N3O. The molecule has 0 radical (unpaired) electrons. The maximum Gasteiger partial charge on any atom is 0.151 e. The van der Waals surface area contributed by atoms with Crippen LogP contribution in [0.5, 0.6) is 0 Å². The Morgan fingerprint density at radius 2 is 2.00 bits per heavy atom. The van der Waals surface area contributed by atoms with Gasteiger partial charge in [-0.05, 0) is 53.4 Å². The van der Waals surface area contributed by atoms with E-state index in [1.165, 1.54) is 37.8 Å². The van der Waals surface area contributed by atoms with Gasteiger partial charge in [0.25, 0.3) is 0 Å². The maximum atomic E-state index is 5.62. The second-order valence-electron chi connectivity index (χ2n) is 7.26. The summed E-state index contributed by atoms with van der Waals surface area (Å²) in [6.07, 6.45) is 5.16. The molecule has 1 fully saturated rings. The zero-order valence-corrected chi connectivity index (χ0v) is 15.2. The van der Waals surface area contributed by atoms with Gasteiger partial charge >= 0.3 is 0 Å². The Morgan fingerprint density at radius 1 is 1.21 bits per heavy atom. The van der Waals surface area contributed by atoms with E-state index in [4.69, 9.17) is 4.52 Å². The summed E-state index contributed by atoms with van der Waals surface area (Å²) in [6.45, 7) is 5.28. The van der Waals surface area contributed by atoms with Gasteiger partial charge in [-0.25, -0.2) is 0 Å². The number of piperidine rings is 1. The molecule has 0 amide bonds. The molecule has 1 aliphatic rings. The van der Waals surface area contributed by atoms with Crippen LogP contribution in [0.1, 0.15) is 37.0 Å². The standard InChI is InChI=1S/C20H29N3O/c1-16-7-9-17(10-8-16)20-14-19(24-21-20)15-23-12-5-4-6-18(23)11-13-22(2)3/h7-10,14,18H,4-6,11-13,15H2,1-3H3/t18-/m1/s1. The van der Waals surface area contributed by atoms with Crippen LogP contribution in [-0.2, 0) is 6.54 Å². The number of likely N-dealkylation sites (tertiary alicyclic amines) is 1. The highest BCUT2D eigenvalue weighted by molar-refractivity contribution is 5.59. The van der Waals surface area contributed by atoms with Gasteiger partial charge in [-0.15, -0.1) is 0 Å². The number of rotatable bonds is 6. The van der Waals surface area contributed by atoms with Gasteiger partial charge in [-0.3, -0.25) is 4.90 Å². The highest BCUT2D eigenvalue weighted by Gasteiger charge is 2.23. The molecule has 0 bridgehead atoms. The minimum Gasteiger partial charge on any atom is -0.359 e. The van der Waals surface area contributed by atoms with Gasteiger partial charge in [0.15, 0.2) is 5.76 Å². The van der Waals surface area contributed by atoms with E-state index < -0.39 is 0 Å². The molecule has 0 N–H and O–H groups in total. The van der Waals surface area contributed by atoms with E-state index in [1.54, 1.807) is 0 Å². The Labute approximate surface area is 145 Å². The van der Waals surface area contributed by atoms with Crippen molar-refractivity contribution in [3.8, 4) is 11.3 Å². The van der Waals surface area contributed by atoms with Crippen molar-refractivity contribution >= 4 is 0 Å². The molecule has 4 nitrogen and oxygen atoms in total. The van der Waals surface area contributed by atoms with Crippen molar-refractivity contribution in [2.24, 2.45) is 0 Å². The van der Waals surface area contributed by atoms with Crippen LogP contribution in [0.4, 0.5) is 0 Å². The third kappa shape index (κ3) is 4.46. The lowest BCUT2D eigenvalue weighted by Gasteiger charge is -2.35. The normalized spacial score (nSPS) is 19.1. The number of benzene rings is 1. The monoisotopic (exact) mass is 327 g/mol. The molecule has 2 aromatic rings. The van der Waals surface area contributed by atoms with E-state index >= 15 is 0 Å². The summed E-state index contributed by atoms with van der Waals surface area (Å²) < 4.78 is 5.62. The second kappa shape index (κ2) is 7.95. The number of hydrogen-bond donors (Lipinski definition) is 0. The van der Waals surface area contributed by atoms with Crippen molar-refractivity contribution in [3.63, 3.8) is 0 Å². The zero-order chi connectivity index (χ0) is 16.9. The predicted molar refractivity (Wildman–Crippen MR) is 97.9 cm³/mol. The van der Waals surface area contributed by atoms with E-state index in [2.05, 4.69) is 66.3 Å². The highest BCUT2D eigenvalue weighted by atomic mass is 16.5. The van der Waals surface area contributed by atoms with Crippen molar-refractivity contribution in [1.82, 2.24) is 15.0 Å². The Hall–Kier alpha value is -1.65. The first-order chi connectivity index (χ1) is 11.6. The average Bonchev–Trinajstić information content (AvgIpc) is 3.03. The molecule has 1 aliphatic heterocycles. The van der Waals surface area contributed by atoms with Crippen LogP contribution in [0.2, 0.25) is 0 Å². The summed E-state index contributed by atoms with van der Waals surface area (Å²) in [5.41, 5.74) is 3.32. The molecule has 1 aromatic carbocycles. The molecule has 0 saturated carbocycles. The topological polar surface area (TPSA) is 32.5 Å². The zero-order valence-electron chi connectivity index (χ0n) is 15.2. The first kappa shape index (κ1) is 17.2. The van der Waals surface area contributed by atoms with Gasteiger partial charge in [-0.1, -0.05) is 41.4 Å². The van der Waals surface area contributed by atoms with Gasteiger partial charge in [0.1, 0.15) is 5.69 Å². The molecule has 3 rings (SSSR count). The van der Waals surface area contributed by atoms with Crippen LogP contribution in [-0.4, -0.2) is 48.2 Å². The van der Waals surface area contributed by atoms with Crippen molar-refractivity contribution in [1.29, 1.82) is 0 Å². The minimum atomic E-state index is 0.661. The molecular weight excluding hydrogens is 298 g/mol. The van der Waals surface area contributed by atoms with Gasteiger partial charge in [0.2, 0.25) is 0 Å². The maximum absolute atomic E-state index is 5.62. The van der Waals surface area contributed by atoms with Gasteiger partial charge < -0.3 is 9.42 Å². The molecule has 0 aliphatic carbocycles. The van der Waals surface area contributed by atoms with Crippen LogP contribution in [0.15, 0.2) is 34.9 Å². The smallest absolute Gasteiger partial charge is 0.151 e. The molecule has 4 heteroatoms. The van der Waals surface area contributed by atoms with Crippen molar-refractivity contribution in [3.05, 3.63) is 41.7 Å². The van der Waals surface area contributed by atoms with Crippen LogP contribution >= 0.6 is 0 Å². The van der Waals surface area contributed by atoms with Gasteiger partial charge in [-0.2, -0.15) is 0 Å². The molecule has 1 atom stereocenters. The van der Waals surface area contributed by atoms with E-state index in [0.717, 1.165) is 30.1 Å². The van der Waals surface area contributed by atoms with Crippen LogP contribution < -0.4 is 0 Å². The lowest BCUT2D eigenvalue weighted by Crippen LogP contribution is -2.40. The third-order valence-electron chi connectivity index (χ3n) is 4.92. The van der Waals surface area contributed by atoms with Crippen molar-refractivity contribution in [2.75, 3.05) is 27.2 Å². The lowest BCUT2D eigenvalue weighted by molar-refractivity contribution is 0.113. The number of hydrogen-bond acceptors (Lipinski definition) is 4. The van der Waals surface area contributed by atoms with Gasteiger partial charge in [0.05, 0.1) is 6.54 Å². The van der Waals surface area contributed by atoms with Crippen LogP contribution in [0.3, 0.4) is 0 Å². The van der Waals surface area contributed by atoms with Crippen molar-refractivity contribution in [2.45, 2.75) is 45.2 Å². The summed E-state index contributed by atoms with van der Waals surface area (Å²) >= 11 is 0. The van der Waals surface area contributed by atoms with Crippen molar-refractivity contribution < 1.29 is 4.52 Å². The quantitative estimate of drug-likeness (QED) is 0.804. The molecule has 0 unspecified atom stereocenters. The third-order valence-corrected chi connectivity index (χ3v) is 4.92. The van der Waals surface area contributed by atoms with E-state index in [-0.39, 0.29) is 0 Å². The number of aryl methyl sites for hydroxylation is 1. The number of aromatic nitrogens is 1. The number of nitrogens with zero attached hydrogens (tertiary/aromatic N) is 3. The largest absolute Gasteiger partial charge is 0.359 e. The fourth-order valence-electron chi connectivity index (χ4n) is 3.45. The van der Waals surface area contributed by atoms with Crippen LogP contribution in [0.25, 0.3) is 11.3 Å². The second-order valence-corrected chi connectivity index (χ2v) is 7.26. The van der Waals surface area contributed by atoms with Crippen LogP contribution in [0, 0.1) is 6.92 Å². The fourth-order valence-corrected chi connectivity index (χ4v) is 3.45. The molecule has 1 aromatic heterocycles. The Morgan fingerprint density at radius 3 is 2.75 bits per heavy atom. The molecule has 1 saturated heterocycles. The summed E-state index contributed by atoms with van der Waals surface area (Å²) in [7, 11) is 4.30. The average molecular weight is 327 g/mol. The lowest BCUT2D eigenvalue weighted by atomic mass is 9.99. The summed E-state index contributed by atoms with van der Waals surface area (Å²) in [6, 6.07) is 11.2. The summed E-state index contributed by atoms with van der Waals surface area (Å²) in [5.74, 6) is 0.974. The minimum absolute atomic E-state index is 0.661. The van der Waals surface area contributed by atoms with E-state index in [0.29, 0.717) is 6.04 Å². The first-order valence-electron chi connectivity index (χ1n) is 9.03. The summed E-state index contributed by atoms with van der Waals surface area (Å²) in [5, 5.41) is 4.27. The van der Waals surface area contributed by atoms with Gasteiger partial charge in [0, 0.05) is 17.7 Å². The Balaban J connectivity index is 1.65. The highest BCUT2D eigenvalue weighted by Crippen LogP contribution is 2.24. The summed E-state index contributed by atoms with van der Waals surface area (Å²) in [4.78, 5) is 4.85. The molecule has 24 heavy (non-hydrogen) atoms. The molecule has 0 spiro atoms. The SMILES string of the molecule is Cc1ccc(-c2cc(CN3CCCC[C@@H]3CCN(C)C)on2)cc1. The first-order valence-corrected chi connectivity index (χ1v) is 9.03. The Bertz CT molecular complexity index is 633. The predicted octanol–water partition coefficient (Wildman–Crippen LogP) is 3.96. The van der Waals surface area contributed by atoms with E-state index in [9.17, 15) is 0 Å². The van der Waals surface area contributed by atoms with E-state index in [1.807, 2.05) is 0 Å². The fraction of sp³-hybridized carbons (Fsp3) is 0.550. The Kier molecular flexibility index (Phi) is 5.69.